The lowest BCUT2D eigenvalue weighted by molar-refractivity contribution is 0.0297. The number of benzene rings is 4. The van der Waals surface area contributed by atoms with Crippen LogP contribution in [0.15, 0.2) is 109 Å². The van der Waals surface area contributed by atoms with Crippen LogP contribution in [0.25, 0.3) is 22.8 Å². The highest BCUT2D eigenvalue weighted by Crippen LogP contribution is 2.36. The number of anilines is 9. The van der Waals surface area contributed by atoms with Gasteiger partial charge in [-0.2, -0.15) is 0 Å². The van der Waals surface area contributed by atoms with Gasteiger partial charge in [0.05, 0.1) is 49.8 Å². The molecule has 0 radical (unpaired) electrons. The normalized spacial score (nSPS) is 24.1. The number of likely N-dealkylation sites (N-methyl/N-ethyl adjacent to an activating group) is 2. The number of nitrogens with one attached hydrogen (secondary N) is 4. The Balaban J connectivity index is 0.000000157. The number of nitrogens with zero attached hydrogens (tertiary/aromatic N) is 12. The fraction of sp³-hybridized carbons (Fsp3) is 0.478. The van der Waals surface area contributed by atoms with E-state index in [1.165, 1.54) is 5.69 Å². The highest BCUT2D eigenvalue weighted by atomic mass is 16.5. The van der Waals surface area contributed by atoms with Crippen molar-refractivity contribution >= 4 is 69.7 Å². The molecular weight excluding hydrogens is 1140 g/mol. The van der Waals surface area contributed by atoms with Crippen LogP contribution in [0.4, 0.5) is 61.3 Å². The summed E-state index contributed by atoms with van der Waals surface area (Å²) in [6.07, 6.45) is 8.26. The average molecular weight is 1220 g/mol. The third-order valence-corrected chi connectivity index (χ3v) is 18.8. The predicted octanol–water partition coefficient (Wildman–Crippen LogP) is 7.65. The first-order chi connectivity index (χ1) is 44.0. The molecule has 15 rings (SSSR count). The molecule has 4 aromatic carbocycles. The number of hydrogen-bond donors (Lipinski definition) is 4. The minimum atomic E-state index is -0.365. The second kappa shape index (κ2) is 26.7. The number of aromatic nitrogens is 4. The molecule has 0 saturated carbocycles. The van der Waals surface area contributed by atoms with Gasteiger partial charge in [-0.05, 0) is 150 Å². The second-order valence-electron chi connectivity index (χ2n) is 25.3. The van der Waals surface area contributed by atoms with Crippen molar-refractivity contribution in [2.45, 2.75) is 75.1 Å². The smallest absolute Gasteiger partial charge is 0.323 e. The predicted molar refractivity (Wildman–Crippen MR) is 350 cm³/mol. The number of fused-ring (bicyclic) bond motifs is 6. The molecule has 6 bridgehead atoms. The van der Waals surface area contributed by atoms with Gasteiger partial charge in [0.25, 0.3) is 5.91 Å². The average Bonchev–Trinajstić information content (AvgIpc) is 1.81. The maximum absolute atomic E-state index is 12.8. The van der Waals surface area contributed by atoms with Gasteiger partial charge in [0.1, 0.15) is 23.3 Å². The van der Waals surface area contributed by atoms with Crippen molar-refractivity contribution in [3.8, 4) is 22.8 Å². The van der Waals surface area contributed by atoms with Crippen LogP contribution in [-0.4, -0.2) is 221 Å². The van der Waals surface area contributed by atoms with E-state index in [1.807, 2.05) is 65.6 Å². The molecule has 2 aromatic heterocycles. The first-order valence-corrected chi connectivity index (χ1v) is 32.3. The molecule has 0 spiro atoms. The summed E-state index contributed by atoms with van der Waals surface area (Å²) in [5.41, 5.74) is 6.30. The zero-order chi connectivity index (χ0) is 61.1. The summed E-state index contributed by atoms with van der Waals surface area (Å²) < 4.78 is 23.9. The highest BCUT2D eigenvalue weighted by molar-refractivity contribution is 6.01. The lowest BCUT2D eigenvalue weighted by Gasteiger charge is -2.35. The number of ether oxygens (including phenoxy) is 4. The van der Waals surface area contributed by atoms with Crippen molar-refractivity contribution in [3.63, 3.8) is 0 Å². The molecule has 9 fully saturated rings. The van der Waals surface area contributed by atoms with E-state index in [0.29, 0.717) is 47.5 Å². The Morgan fingerprint density at radius 1 is 0.389 bits per heavy atom. The Morgan fingerprint density at radius 3 is 1.10 bits per heavy atom. The Bertz CT molecular complexity index is 3390. The first kappa shape index (κ1) is 59.4. The molecule has 472 valence electrons. The van der Waals surface area contributed by atoms with Crippen LogP contribution in [0.2, 0.25) is 0 Å². The minimum absolute atomic E-state index is 0.0165. The molecule has 5 amide bonds. The van der Waals surface area contributed by atoms with Crippen molar-refractivity contribution in [1.29, 1.82) is 0 Å². The Hall–Kier alpha value is -8.19. The van der Waals surface area contributed by atoms with Gasteiger partial charge in [0.2, 0.25) is 0 Å². The third kappa shape index (κ3) is 14.2. The molecule has 9 saturated heterocycles. The standard InChI is InChI=1S/C34H42N8O3.C33H40N8O4/c1-39-14-16-40(17-15-39)26-8-6-25(7-9-26)36-34(43)35-24-4-2-23(3-5-24)33-37-31(41-19-27-10-11-28(20-41)44-27)18-32(38-33)42-21-29-12-13-30(22-42)45-29;1-38-12-14-40(15-13-38)32(42)24-4-8-26(9-5-24)35-33(43)34-25-6-2-23(3-7-25)31-36-29(39-16-18-44-19-17-39)20-30(37-31)41-21-27-10-11-28(22-41)45-27/h2-9,18,27-30H,10-17,19-22H2,1H3,(H2,35,36,43);2-9,20,27-28H,10-19,21-22H2,1H3,(H2,34,35,43)/t27-,28+,29?,30?;27-,28+. The molecule has 90 heavy (non-hydrogen) atoms. The molecular formula is C67H82N16O7. The maximum atomic E-state index is 12.8. The molecule has 11 heterocycles. The summed E-state index contributed by atoms with van der Waals surface area (Å²) in [5.74, 6) is 5.08. The number of rotatable bonds is 12. The van der Waals surface area contributed by atoms with Gasteiger partial charge in [-0.3, -0.25) is 4.79 Å². The van der Waals surface area contributed by atoms with Crippen molar-refractivity contribution in [1.82, 2.24) is 34.6 Å². The molecule has 9 aliphatic heterocycles. The molecule has 6 atom stereocenters. The molecule has 0 aliphatic carbocycles. The zero-order valence-corrected chi connectivity index (χ0v) is 51.6. The molecule has 23 heteroatoms. The van der Waals surface area contributed by atoms with Crippen molar-refractivity contribution in [2.24, 2.45) is 0 Å². The van der Waals surface area contributed by atoms with E-state index < -0.39 is 0 Å². The summed E-state index contributed by atoms with van der Waals surface area (Å²) in [4.78, 5) is 76.6. The number of morpholine rings is 4. The number of piperazine rings is 2. The highest BCUT2D eigenvalue weighted by Gasteiger charge is 2.38. The number of hydrogen-bond acceptors (Lipinski definition) is 18. The minimum Gasteiger partial charge on any atom is -0.378 e. The fourth-order valence-corrected chi connectivity index (χ4v) is 13.6. The zero-order valence-electron chi connectivity index (χ0n) is 51.6. The summed E-state index contributed by atoms with van der Waals surface area (Å²) in [6.45, 7) is 15.4. The number of carbonyl (C=O) groups is 3. The van der Waals surface area contributed by atoms with Gasteiger partial charge in [0.15, 0.2) is 11.6 Å². The summed E-state index contributed by atoms with van der Waals surface area (Å²) in [6, 6.07) is 34.0. The van der Waals surface area contributed by atoms with Crippen LogP contribution >= 0.6 is 0 Å². The molecule has 6 aromatic rings. The summed E-state index contributed by atoms with van der Waals surface area (Å²) in [7, 11) is 4.22. The number of amides is 5. The third-order valence-electron chi connectivity index (χ3n) is 18.8. The van der Waals surface area contributed by atoms with Gasteiger partial charge < -0.3 is 79.4 Å². The lowest BCUT2D eigenvalue weighted by atomic mass is 10.1. The van der Waals surface area contributed by atoms with Crippen molar-refractivity contribution < 1.29 is 33.3 Å². The largest absolute Gasteiger partial charge is 0.378 e. The van der Waals surface area contributed by atoms with Gasteiger partial charge in [-0.15, -0.1) is 0 Å². The van der Waals surface area contributed by atoms with E-state index in [4.69, 9.17) is 38.9 Å². The van der Waals surface area contributed by atoms with Gasteiger partial charge in [-0.25, -0.2) is 29.5 Å². The van der Waals surface area contributed by atoms with E-state index in [-0.39, 0.29) is 54.6 Å². The van der Waals surface area contributed by atoms with Gasteiger partial charge in [-0.1, -0.05) is 0 Å². The van der Waals surface area contributed by atoms with Crippen molar-refractivity contribution in [2.75, 3.05) is 178 Å². The van der Waals surface area contributed by atoms with E-state index in [1.54, 1.807) is 24.3 Å². The Kier molecular flexibility index (Phi) is 17.6. The molecule has 9 aliphatic rings. The SMILES string of the molecule is CN1CCN(C(=O)c2ccc(NC(=O)Nc3ccc(-c4nc(N5CCOCC5)cc(N5C[C@H]6CC[C@@H](C5)O6)n4)cc3)cc2)CC1.CN1CCN(c2ccc(NC(=O)Nc3ccc(-c4nc(N5CC6CCC(C5)O6)cc(N5C[C@H]6CC[C@@H](C5)O6)n4)cc3)cc2)CC1. The van der Waals surface area contributed by atoms with Crippen LogP contribution in [0.3, 0.4) is 0 Å². The first-order valence-electron chi connectivity index (χ1n) is 32.3. The molecule has 2 unspecified atom stereocenters. The monoisotopic (exact) mass is 1220 g/mol. The van der Waals surface area contributed by atoms with Crippen LogP contribution in [-0.2, 0) is 18.9 Å². The Labute approximate surface area is 526 Å². The van der Waals surface area contributed by atoms with E-state index >= 15 is 0 Å². The van der Waals surface area contributed by atoms with E-state index in [9.17, 15) is 14.4 Å². The number of carbonyl (C=O) groups excluding carboxylic acids is 3. The molecule has 23 nitrogen and oxygen atoms in total. The fourth-order valence-electron chi connectivity index (χ4n) is 13.6. The lowest BCUT2D eigenvalue weighted by Crippen LogP contribution is -2.47. The van der Waals surface area contributed by atoms with E-state index in [2.05, 4.69) is 93.9 Å². The molecule has 4 N–H and O–H groups in total. The van der Waals surface area contributed by atoms with Crippen LogP contribution < -0.4 is 45.8 Å². The summed E-state index contributed by atoms with van der Waals surface area (Å²) in [5, 5.41) is 11.7. The van der Waals surface area contributed by atoms with Crippen LogP contribution in [0.5, 0.6) is 0 Å². The van der Waals surface area contributed by atoms with Gasteiger partial charge in [0, 0.05) is 162 Å². The quantitative estimate of drug-likeness (QED) is 0.0926. The topological polar surface area (TPSA) is 214 Å². The van der Waals surface area contributed by atoms with E-state index in [0.717, 1.165) is 183 Å². The second-order valence-corrected chi connectivity index (χ2v) is 25.3. The van der Waals surface area contributed by atoms with Crippen LogP contribution in [0.1, 0.15) is 48.9 Å². The van der Waals surface area contributed by atoms with Crippen LogP contribution in [0, 0.1) is 0 Å². The number of urea groups is 2. The Morgan fingerprint density at radius 2 is 0.722 bits per heavy atom. The van der Waals surface area contributed by atoms with Gasteiger partial charge >= 0.3 is 12.1 Å². The summed E-state index contributed by atoms with van der Waals surface area (Å²) >= 11 is 0. The van der Waals surface area contributed by atoms with Crippen molar-refractivity contribution in [3.05, 3.63) is 115 Å². The maximum Gasteiger partial charge on any atom is 0.323 e.